The van der Waals surface area contributed by atoms with Crippen molar-refractivity contribution in [3.63, 3.8) is 0 Å². The Bertz CT molecular complexity index is 198. The second kappa shape index (κ2) is 5.21. The maximum atomic E-state index is 11.8. The van der Waals surface area contributed by atoms with Crippen molar-refractivity contribution in [2.45, 2.75) is 38.3 Å². The van der Waals surface area contributed by atoms with Crippen LogP contribution in [0.3, 0.4) is 0 Å². The van der Waals surface area contributed by atoms with Crippen molar-refractivity contribution in [3.8, 4) is 0 Å². The Morgan fingerprint density at radius 3 is 2.50 bits per heavy atom. The Balaban J connectivity index is 3.97. The van der Waals surface area contributed by atoms with Crippen LogP contribution in [0.2, 0.25) is 0 Å². The van der Waals surface area contributed by atoms with Crippen molar-refractivity contribution in [3.05, 3.63) is 0 Å². The highest BCUT2D eigenvalue weighted by Crippen LogP contribution is 2.05. The van der Waals surface area contributed by atoms with Gasteiger partial charge in [-0.25, -0.2) is 8.78 Å². The first kappa shape index (κ1) is 13.2. The van der Waals surface area contributed by atoms with Gasteiger partial charge < -0.3 is 16.2 Å². The zero-order valence-corrected chi connectivity index (χ0v) is 8.26. The lowest BCUT2D eigenvalue weighted by molar-refractivity contribution is -0.126. The Kier molecular flexibility index (Phi) is 4.93. The third kappa shape index (κ3) is 3.97. The van der Waals surface area contributed by atoms with Crippen molar-refractivity contribution in [2.75, 3.05) is 6.54 Å². The zero-order valence-electron chi connectivity index (χ0n) is 8.26. The van der Waals surface area contributed by atoms with E-state index in [1.165, 1.54) is 6.92 Å². The molecule has 0 heterocycles. The number of carbonyl (C=O) groups is 1. The molecule has 0 radical (unpaired) electrons. The van der Waals surface area contributed by atoms with Gasteiger partial charge in [0.05, 0.1) is 5.54 Å². The van der Waals surface area contributed by atoms with Gasteiger partial charge in [0.2, 0.25) is 5.91 Å². The van der Waals surface area contributed by atoms with Crippen molar-refractivity contribution >= 4 is 5.91 Å². The van der Waals surface area contributed by atoms with E-state index in [2.05, 4.69) is 5.32 Å². The van der Waals surface area contributed by atoms with Gasteiger partial charge in [0.25, 0.3) is 6.43 Å². The first-order chi connectivity index (χ1) is 6.31. The van der Waals surface area contributed by atoms with Gasteiger partial charge in [-0.1, -0.05) is 6.92 Å². The quantitative estimate of drug-likeness (QED) is 0.591. The minimum Gasteiger partial charge on any atom is -0.385 e. The van der Waals surface area contributed by atoms with Crippen molar-refractivity contribution in [1.29, 1.82) is 0 Å². The molecule has 2 atom stereocenters. The third-order valence-corrected chi connectivity index (χ3v) is 2.02. The Labute approximate surface area is 81.5 Å². The van der Waals surface area contributed by atoms with Crippen LogP contribution < -0.4 is 11.1 Å². The topological polar surface area (TPSA) is 75.4 Å². The summed E-state index contributed by atoms with van der Waals surface area (Å²) >= 11 is 0. The number of hydrogen-bond donors (Lipinski definition) is 3. The maximum absolute atomic E-state index is 11.8. The molecule has 0 saturated heterocycles. The van der Waals surface area contributed by atoms with E-state index in [1.807, 2.05) is 0 Å². The number of halogens is 2. The highest BCUT2D eigenvalue weighted by molar-refractivity contribution is 5.85. The van der Waals surface area contributed by atoms with Crippen molar-refractivity contribution in [1.82, 2.24) is 5.32 Å². The van der Waals surface area contributed by atoms with E-state index in [4.69, 9.17) is 10.8 Å². The van der Waals surface area contributed by atoms with E-state index in [-0.39, 0.29) is 0 Å². The van der Waals surface area contributed by atoms with E-state index in [9.17, 15) is 13.6 Å². The van der Waals surface area contributed by atoms with Gasteiger partial charge in [-0.15, -0.1) is 0 Å². The highest BCUT2D eigenvalue weighted by atomic mass is 19.3. The molecular weight excluding hydrogens is 194 g/mol. The van der Waals surface area contributed by atoms with Crippen LogP contribution in [0.4, 0.5) is 8.78 Å². The Morgan fingerprint density at radius 1 is 1.64 bits per heavy atom. The minimum atomic E-state index is -2.86. The summed E-state index contributed by atoms with van der Waals surface area (Å²) < 4.78 is 23.6. The summed E-state index contributed by atoms with van der Waals surface area (Å²) in [5.41, 5.74) is 4.46. The molecule has 84 valence electrons. The molecular formula is C8H16F2N2O2. The highest BCUT2D eigenvalue weighted by Gasteiger charge is 2.27. The molecule has 2 unspecified atom stereocenters. The maximum Gasteiger partial charge on any atom is 0.265 e. The lowest BCUT2D eigenvalue weighted by Gasteiger charge is -2.22. The summed E-state index contributed by atoms with van der Waals surface area (Å²) in [4.78, 5) is 11.2. The Hall–Kier alpha value is -0.750. The summed E-state index contributed by atoms with van der Waals surface area (Å²) in [6, 6.07) is 0. The number of aliphatic hydroxyl groups is 1. The van der Waals surface area contributed by atoms with Crippen molar-refractivity contribution in [2.24, 2.45) is 5.73 Å². The first-order valence-electron chi connectivity index (χ1n) is 4.34. The number of carbonyl (C=O) groups excluding carboxylic acids is 1. The first-order valence-corrected chi connectivity index (χ1v) is 4.34. The summed E-state index contributed by atoms with van der Waals surface area (Å²) in [7, 11) is 0. The van der Waals surface area contributed by atoms with Crippen molar-refractivity contribution < 1.29 is 18.7 Å². The van der Waals surface area contributed by atoms with Crippen LogP contribution in [0.15, 0.2) is 0 Å². The fourth-order valence-corrected chi connectivity index (χ4v) is 0.649. The second-order valence-electron chi connectivity index (χ2n) is 3.38. The molecule has 0 aromatic rings. The minimum absolute atomic E-state index is 0.392. The predicted octanol–water partition coefficient (Wildman–Crippen LogP) is -0.144. The zero-order chi connectivity index (χ0) is 11.4. The molecule has 0 aliphatic heterocycles. The molecule has 1 amide bonds. The molecule has 0 bridgehead atoms. The molecule has 0 aliphatic rings. The SMILES string of the molecule is CCC(C)(N)C(=O)NCC(O)C(F)F. The van der Waals surface area contributed by atoms with Gasteiger partial charge in [-0.2, -0.15) is 0 Å². The normalized spacial score (nSPS) is 17.6. The number of aliphatic hydroxyl groups excluding tert-OH is 1. The monoisotopic (exact) mass is 210 g/mol. The van der Waals surface area contributed by atoms with E-state index >= 15 is 0 Å². The van der Waals surface area contributed by atoms with Crippen LogP contribution >= 0.6 is 0 Å². The second-order valence-corrected chi connectivity index (χ2v) is 3.38. The molecule has 0 fully saturated rings. The third-order valence-electron chi connectivity index (χ3n) is 2.02. The molecule has 4 N–H and O–H groups in total. The molecule has 14 heavy (non-hydrogen) atoms. The standard InChI is InChI=1S/C8H16F2N2O2/c1-3-8(2,11)7(14)12-4-5(13)6(9)10/h5-6,13H,3-4,11H2,1-2H3,(H,12,14). The van der Waals surface area contributed by atoms with Crippen LogP contribution in [0, 0.1) is 0 Å². The smallest absolute Gasteiger partial charge is 0.265 e. The molecule has 0 aromatic heterocycles. The molecule has 4 nitrogen and oxygen atoms in total. The molecule has 0 rings (SSSR count). The van der Waals surface area contributed by atoms with Gasteiger partial charge in [-0.05, 0) is 13.3 Å². The average Bonchev–Trinajstić information content (AvgIpc) is 2.13. The number of alkyl halides is 2. The van der Waals surface area contributed by atoms with Gasteiger partial charge in [0.1, 0.15) is 6.10 Å². The summed E-state index contributed by atoms with van der Waals surface area (Å²) in [6.07, 6.45) is -4.31. The average molecular weight is 210 g/mol. The molecule has 0 aromatic carbocycles. The van der Waals surface area contributed by atoms with E-state index in [0.29, 0.717) is 6.42 Å². The lowest BCUT2D eigenvalue weighted by Crippen LogP contribution is -2.53. The number of rotatable bonds is 5. The largest absolute Gasteiger partial charge is 0.385 e. The number of nitrogens with one attached hydrogen (secondary N) is 1. The molecule has 6 heteroatoms. The van der Waals surface area contributed by atoms with Gasteiger partial charge in [0.15, 0.2) is 0 Å². The van der Waals surface area contributed by atoms with E-state index < -0.39 is 30.5 Å². The summed E-state index contributed by atoms with van der Waals surface area (Å²) in [6.45, 7) is 2.73. The van der Waals surface area contributed by atoms with Crippen LogP contribution in [0.5, 0.6) is 0 Å². The van der Waals surface area contributed by atoms with E-state index in [0.717, 1.165) is 0 Å². The van der Waals surface area contributed by atoms with Gasteiger partial charge in [0, 0.05) is 6.54 Å². The van der Waals surface area contributed by atoms with Crippen LogP contribution in [0.1, 0.15) is 20.3 Å². The molecule has 0 aliphatic carbocycles. The number of amides is 1. The fourth-order valence-electron chi connectivity index (χ4n) is 0.649. The number of hydrogen-bond acceptors (Lipinski definition) is 3. The van der Waals surface area contributed by atoms with Crippen LogP contribution in [-0.2, 0) is 4.79 Å². The summed E-state index contributed by atoms with van der Waals surface area (Å²) in [5, 5.41) is 10.9. The number of nitrogens with two attached hydrogens (primary N) is 1. The van der Waals surface area contributed by atoms with Crippen LogP contribution in [-0.4, -0.2) is 35.6 Å². The lowest BCUT2D eigenvalue weighted by atomic mass is 9.99. The van der Waals surface area contributed by atoms with E-state index in [1.54, 1.807) is 6.92 Å². The predicted molar refractivity (Wildman–Crippen MR) is 47.9 cm³/mol. The van der Waals surface area contributed by atoms with Crippen LogP contribution in [0.25, 0.3) is 0 Å². The Morgan fingerprint density at radius 2 is 2.14 bits per heavy atom. The fraction of sp³-hybridized carbons (Fsp3) is 0.875. The summed E-state index contributed by atoms with van der Waals surface area (Å²) in [5.74, 6) is -0.542. The molecule has 0 spiro atoms. The molecule has 0 saturated carbocycles. The van der Waals surface area contributed by atoms with Gasteiger partial charge in [-0.3, -0.25) is 4.79 Å². The van der Waals surface area contributed by atoms with Gasteiger partial charge >= 0.3 is 0 Å².